The smallest absolute Gasteiger partial charge is 0.0271 e. The first kappa shape index (κ1) is 14.9. The van der Waals surface area contributed by atoms with Crippen LogP contribution in [0.5, 0.6) is 0 Å². The van der Waals surface area contributed by atoms with Crippen molar-refractivity contribution in [1.82, 2.24) is 15.1 Å². The number of nitrogens with zero attached hydrogens (tertiary/aromatic N) is 2. The fraction of sp³-hybridized carbons (Fsp3) is 1.00. The van der Waals surface area contributed by atoms with Gasteiger partial charge in [-0.25, -0.2) is 0 Å². The topological polar surface area (TPSA) is 18.5 Å². The molecule has 0 aromatic carbocycles. The predicted octanol–water partition coefficient (Wildman–Crippen LogP) is 1.65. The van der Waals surface area contributed by atoms with Crippen molar-refractivity contribution >= 4 is 0 Å². The van der Waals surface area contributed by atoms with Crippen molar-refractivity contribution < 1.29 is 0 Å². The molecule has 0 spiro atoms. The van der Waals surface area contributed by atoms with Crippen molar-refractivity contribution in [2.45, 2.75) is 45.2 Å². The Kier molecular flexibility index (Phi) is 5.42. The normalized spacial score (nSPS) is 28.9. The summed E-state index contributed by atoms with van der Waals surface area (Å²) >= 11 is 0. The zero-order valence-corrected chi connectivity index (χ0v) is 12.6. The van der Waals surface area contributed by atoms with Crippen LogP contribution in [-0.4, -0.2) is 63.2 Å². The molecule has 0 heterocycles. The zero-order valence-electron chi connectivity index (χ0n) is 12.6. The molecule has 0 bridgehead atoms. The third kappa shape index (κ3) is 3.94. The molecule has 3 heteroatoms. The van der Waals surface area contributed by atoms with Gasteiger partial charge in [-0.1, -0.05) is 20.3 Å². The Morgan fingerprint density at radius 1 is 1.18 bits per heavy atom. The van der Waals surface area contributed by atoms with Crippen molar-refractivity contribution in [3.05, 3.63) is 0 Å². The number of rotatable bonds is 5. The summed E-state index contributed by atoms with van der Waals surface area (Å²) in [5.74, 6) is 0. The van der Waals surface area contributed by atoms with E-state index in [0.717, 1.165) is 13.1 Å². The second kappa shape index (κ2) is 6.17. The molecule has 0 radical (unpaired) electrons. The summed E-state index contributed by atoms with van der Waals surface area (Å²) in [6.45, 7) is 7.11. The maximum Gasteiger partial charge on any atom is 0.0271 e. The van der Waals surface area contributed by atoms with Crippen molar-refractivity contribution in [2.24, 2.45) is 5.41 Å². The molecule has 1 aliphatic rings. The highest BCUT2D eigenvalue weighted by molar-refractivity contribution is 4.96. The van der Waals surface area contributed by atoms with Gasteiger partial charge in [0.05, 0.1) is 0 Å². The van der Waals surface area contributed by atoms with E-state index in [0.29, 0.717) is 17.5 Å². The summed E-state index contributed by atoms with van der Waals surface area (Å²) in [5.41, 5.74) is 0.421. The second-order valence-corrected chi connectivity index (χ2v) is 6.50. The minimum absolute atomic E-state index is 0.421. The minimum Gasteiger partial charge on any atom is -0.315 e. The maximum absolute atomic E-state index is 3.56. The van der Waals surface area contributed by atoms with E-state index in [2.05, 4.69) is 57.2 Å². The first-order valence-electron chi connectivity index (χ1n) is 6.90. The lowest BCUT2D eigenvalue weighted by Gasteiger charge is -2.47. The van der Waals surface area contributed by atoms with Crippen LogP contribution in [0.25, 0.3) is 0 Å². The number of likely N-dealkylation sites (N-methyl/N-ethyl adjacent to an activating group) is 3. The summed E-state index contributed by atoms with van der Waals surface area (Å²) < 4.78 is 0. The van der Waals surface area contributed by atoms with Crippen molar-refractivity contribution in [3.63, 3.8) is 0 Å². The molecule has 102 valence electrons. The van der Waals surface area contributed by atoms with Gasteiger partial charge in [0.2, 0.25) is 0 Å². The monoisotopic (exact) mass is 241 g/mol. The zero-order chi connectivity index (χ0) is 13.1. The fourth-order valence-corrected chi connectivity index (χ4v) is 3.19. The quantitative estimate of drug-likeness (QED) is 0.789. The Hall–Kier alpha value is -0.120. The van der Waals surface area contributed by atoms with E-state index in [4.69, 9.17) is 0 Å². The van der Waals surface area contributed by atoms with Crippen LogP contribution in [0.15, 0.2) is 0 Å². The molecule has 3 nitrogen and oxygen atoms in total. The molecule has 0 aliphatic heterocycles. The van der Waals surface area contributed by atoms with Crippen molar-refractivity contribution in [1.29, 1.82) is 0 Å². The molecule has 1 rings (SSSR count). The first-order chi connectivity index (χ1) is 7.88. The average molecular weight is 241 g/mol. The van der Waals surface area contributed by atoms with Crippen LogP contribution in [0.3, 0.4) is 0 Å². The van der Waals surface area contributed by atoms with Gasteiger partial charge in [-0.15, -0.1) is 0 Å². The lowest BCUT2D eigenvalue weighted by molar-refractivity contribution is 0.0639. The number of hydrogen-bond donors (Lipinski definition) is 1. The predicted molar refractivity (Wildman–Crippen MR) is 75.5 cm³/mol. The van der Waals surface area contributed by atoms with Crippen molar-refractivity contribution in [2.75, 3.05) is 41.3 Å². The summed E-state index contributed by atoms with van der Waals surface area (Å²) in [5, 5.41) is 3.56. The molecule has 2 unspecified atom stereocenters. The molecule has 0 aromatic heterocycles. The first-order valence-corrected chi connectivity index (χ1v) is 6.90. The molecular formula is C14H31N3. The molecule has 1 fully saturated rings. The third-order valence-corrected chi connectivity index (χ3v) is 4.32. The molecular weight excluding hydrogens is 210 g/mol. The Labute approximate surface area is 108 Å². The van der Waals surface area contributed by atoms with E-state index in [1.54, 1.807) is 0 Å². The van der Waals surface area contributed by atoms with E-state index in [1.165, 1.54) is 19.3 Å². The largest absolute Gasteiger partial charge is 0.315 e. The van der Waals surface area contributed by atoms with E-state index in [9.17, 15) is 0 Å². The molecule has 0 saturated heterocycles. The Bertz CT molecular complexity index is 226. The molecule has 2 atom stereocenters. The van der Waals surface area contributed by atoms with E-state index in [1.807, 2.05) is 0 Å². The molecule has 0 aromatic rings. The van der Waals surface area contributed by atoms with Gasteiger partial charge in [0.1, 0.15) is 0 Å². The van der Waals surface area contributed by atoms with E-state index < -0.39 is 0 Å². The van der Waals surface area contributed by atoms with Gasteiger partial charge < -0.3 is 15.1 Å². The standard InChI is InChI=1S/C14H31N3/c1-14(2)9-7-8-12(13(14)15-3)17(6)11-10-16(4)5/h12-13,15H,7-11H2,1-6H3. The molecule has 1 saturated carbocycles. The molecule has 1 N–H and O–H groups in total. The van der Waals surface area contributed by atoms with Crippen LogP contribution in [0, 0.1) is 5.41 Å². The van der Waals surface area contributed by atoms with Crippen LogP contribution < -0.4 is 5.32 Å². The highest BCUT2D eigenvalue weighted by atomic mass is 15.2. The SMILES string of the molecule is CNC1C(N(C)CCN(C)C)CCCC1(C)C. The number of nitrogens with one attached hydrogen (secondary N) is 1. The van der Waals surface area contributed by atoms with Gasteiger partial charge in [0, 0.05) is 25.2 Å². The van der Waals surface area contributed by atoms with Crippen LogP contribution >= 0.6 is 0 Å². The lowest BCUT2D eigenvalue weighted by atomic mass is 9.70. The van der Waals surface area contributed by atoms with Crippen LogP contribution in [-0.2, 0) is 0 Å². The van der Waals surface area contributed by atoms with Crippen LogP contribution in [0.4, 0.5) is 0 Å². The summed E-state index contributed by atoms with van der Waals surface area (Å²) in [6, 6.07) is 1.30. The van der Waals surface area contributed by atoms with Gasteiger partial charge in [0.25, 0.3) is 0 Å². The average Bonchev–Trinajstić information content (AvgIpc) is 2.24. The summed E-state index contributed by atoms with van der Waals surface area (Å²) in [6.07, 6.45) is 4.04. The van der Waals surface area contributed by atoms with Gasteiger partial charge >= 0.3 is 0 Å². The van der Waals surface area contributed by atoms with E-state index in [-0.39, 0.29) is 0 Å². The highest BCUT2D eigenvalue weighted by Gasteiger charge is 2.39. The maximum atomic E-state index is 3.56. The number of hydrogen-bond acceptors (Lipinski definition) is 3. The molecule has 1 aliphatic carbocycles. The Morgan fingerprint density at radius 2 is 1.82 bits per heavy atom. The Morgan fingerprint density at radius 3 is 2.35 bits per heavy atom. The van der Waals surface area contributed by atoms with Gasteiger partial charge in [0.15, 0.2) is 0 Å². The van der Waals surface area contributed by atoms with Gasteiger partial charge in [-0.2, -0.15) is 0 Å². The fourth-order valence-electron chi connectivity index (χ4n) is 3.19. The van der Waals surface area contributed by atoms with Gasteiger partial charge in [-0.05, 0) is 46.4 Å². The lowest BCUT2D eigenvalue weighted by Crippen LogP contribution is -2.57. The molecule has 17 heavy (non-hydrogen) atoms. The van der Waals surface area contributed by atoms with Gasteiger partial charge in [-0.3, -0.25) is 0 Å². The highest BCUT2D eigenvalue weighted by Crippen LogP contribution is 2.37. The molecule has 0 amide bonds. The van der Waals surface area contributed by atoms with Crippen molar-refractivity contribution in [3.8, 4) is 0 Å². The third-order valence-electron chi connectivity index (χ3n) is 4.32. The van der Waals surface area contributed by atoms with E-state index >= 15 is 0 Å². The summed E-state index contributed by atoms with van der Waals surface area (Å²) in [7, 11) is 8.69. The second-order valence-electron chi connectivity index (χ2n) is 6.50. The van der Waals surface area contributed by atoms with Crippen LogP contribution in [0.2, 0.25) is 0 Å². The minimum atomic E-state index is 0.421. The van der Waals surface area contributed by atoms with Crippen LogP contribution in [0.1, 0.15) is 33.1 Å². The summed E-state index contributed by atoms with van der Waals surface area (Å²) in [4.78, 5) is 4.81. The Balaban J connectivity index is 2.60.